The number of hydrogen-bond donors (Lipinski definition) is 2. The van der Waals surface area contributed by atoms with Crippen LogP contribution in [0.5, 0.6) is 5.75 Å². The van der Waals surface area contributed by atoms with E-state index in [1.165, 1.54) is 0 Å². The fraction of sp³-hybridized carbons (Fsp3) is 0.200. The molecule has 3 aromatic carbocycles. The van der Waals surface area contributed by atoms with Gasteiger partial charge in [-0.2, -0.15) is 0 Å². The minimum absolute atomic E-state index is 0.0516. The van der Waals surface area contributed by atoms with E-state index in [2.05, 4.69) is 16.9 Å². The Morgan fingerprint density at radius 1 is 0.947 bits per heavy atom. The first-order chi connectivity index (χ1) is 18.6. The number of carboxylic acid groups (broad SMARTS) is 1. The van der Waals surface area contributed by atoms with Gasteiger partial charge in [0.1, 0.15) is 18.6 Å². The van der Waals surface area contributed by atoms with Gasteiger partial charge in [0.15, 0.2) is 11.9 Å². The number of hydrogen-bond acceptors (Lipinski definition) is 7. The number of ether oxygens (including phenoxy) is 3. The van der Waals surface area contributed by atoms with E-state index in [1.54, 1.807) is 6.26 Å². The Morgan fingerprint density at radius 2 is 1.63 bits per heavy atom. The first-order valence-electron chi connectivity index (χ1n) is 12.2. The number of carbonyl (C=O) groups is 1. The second-order valence-electron chi connectivity index (χ2n) is 8.50. The third kappa shape index (κ3) is 8.25. The number of carboxylic acids is 1. The highest BCUT2D eigenvalue weighted by molar-refractivity contribution is 5.73. The van der Waals surface area contributed by atoms with Crippen LogP contribution in [-0.4, -0.2) is 35.3 Å². The largest absolute Gasteiger partial charge is 0.493 e. The summed E-state index contributed by atoms with van der Waals surface area (Å²) in [5.74, 6) is 0.432. The van der Waals surface area contributed by atoms with Crippen LogP contribution in [0.4, 0.5) is 0 Å². The average molecular weight is 515 g/mol. The summed E-state index contributed by atoms with van der Waals surface area (Å²) in [7, 11) is 0. The molecular formula is C30H30N2O6. The maximum absolute atomic E-state index is 11.6. The minimum atomic E-state index is -1.05. The lowest BCUT2D eigenvalue weighted by Crippen LogP contribution is -2.40. The first-order valence-corrected chi connectivity index (χ1v) is 12.2. The van der Waals surface area contributed by atoms with Crippen LogP contribution in [0.15, 0.2) is 108 Å². The van der Waals surface area contributed by atoms with Gasteiger partial charge in [-0.3, -0.25) is 0 Å². The molecule has 0 spiro atoms. The topological polar surface area (TPSA) is 103 Å². The summed E-state index contributed by atoms with van der Waals surface area (Å²) in [6.45, 7) is 4.70. The van der Waals surface area contributed by atoms with Crippen molar-refractivity contribution in [2.24, 2.45) is 0 Å². The van der Waals surface area contributed by atoms with Crippen molar-refractivity contribution >= 4 is 5.97 Å². The molecule has 0 radical (unpaired) electrons. The van der Waals surface area contributed by atoms with E-state index in [4.69, 9.17) is 18.6 Å². The molecule has 1 unspecified atom stereocenters. The minimum Gasteiger partial charge on any atom is -0.493 e. The number of nitrogens with one attached hydrogen (secondary N) is 1. The van der Waals surface area contributed by atoms with E-state index in [-0.39, 0.29) is 19.1 Å². The number of rotatable bonds is 15. The van der Waals surface area contributed by atoms with E-state index in [0.717, 1.165) is 28.1 Å². The van der Waals surface area contributed by atoms with Crippen molar-refractivity contribution in [3.8, 4) is 17.2 Å². The summed E-state index contributed by atoms with van der Waals surface area (Å²) in [5, 5.41) is 12.3. The van der Waals surface area contributed by atoms with Gasteiger partial charge >= 0.3 is 5.97 Å². The van der Waals surface area contributed by atoms with Crippen molar-refractivity contribution in [3.05, 3.63) is 120 Å². The number of aliphatic carboxylic acids is 1. The van der Waals surface area contributed by atoms with Crippen molar-refractivity contribution in [1.29, 1.82) is 0 Å². The molecule has 1 heterocycles. The molecule has 0 amide bonds. The zero-order chi connectivity index (χ0) is 26.6. The summed E-state index contributed by atoms with van der Waals surface area (Å²) in [4.78, 5) is 16.1. The Balaban J connectivity index is 1.16. The lowest BCUT2D eigenvalue weighted by Gasteiger charge is -2.18. The van der Waals surface area contributed by atoms with E-state index >= 15 is 0 Å². The van der Waals surface area contributed by atoms with Gasteiger partial charge in [0, 0.05) is 12.0 Å². The van der Waals surface area contributed by atoms with E-state index < -0.39 is 12.0 Å². The highest BCUT2D eigenvalue weighted by Crippen LogP contribution is 2.19. The Hall–Kier alpha value is -4.56. The predicted molar refractivity (Wildman–Crippen MR) is 142 cm³/mol. The number of aromatic nitrogens is 1. The molecule has 2 N–H and O–H groups in total. The molecule has 196 valence electrons. The number of nitrogens with zero attached hydrogens (tertiary/aromatic N) is 1. The molecule has 8 heteroatoms. The molecule has 0 bridgehead atoms. The second kappa shape index (κ2) is 13.7. The van der Waals surface area contributed by atoms with Gasteiger partial charge < -0.3 is 29.1 Å². The zero-order valence-corrected chi connectivity index (χ0v) is 20.9. The molecule has 0 aliphatic heterocycles. The summed E-state index contributed by atoms with van der Waals surface area (Å²) in [6, 6.07) is 25.8. The molecule has 0 saturated heterocycles. The molecular weight excluding hydrogens is 484 g/mol. The van der Waals surface area contributed by atoms with Gasteiger partial charge in [-0.25, -0.2) is 9.78 Å². The summed E-state index contributed by atoms with van der Waals surface area (Å²) in [5.41, 5.74) is 3.61. The van der Waals surface area contributed by atoms with E-state index in [1.807, 2.05) is 84.9 Å². The summed E-state index contributed by atoms with van der Waals surface area (Å²) >= 11 is 0. The van der Waals surface area contributed by atoms with Crippen molar-refractivity contribution in [1.82, 2.24) is 10.3 Å². The van der Waals surface area contributed by atoms with E-state index in [9.17, 15) is 9.90 Å². The van der Waals surface area contributed by atoms with Crippen molar-refractivity contribution < 1.29 is 28.5 Å². The fourth-order valence-electron chi connectivity index (χ4n) is 3.54. The predicted octanol–water partition coefficient (Wildman–Crippen LogP) is 5.21. The highest BCUT2D eigenvalue weighted by atomic mass is 16.5. The molecule has 4 aromatic rings. The van der Waals surface area contributed by atoms with Crippen LogP contribution < -0.4 is 10.1 Å². The normalized spacial score (nSPS) is 11.5. The van der Waals surface area contributed by atoms with Crippen LogP contribution in [0.1, 0.15) is 16.8 Å². The van der Waals surface area contributed by atoms with Crippen LogP contribution in [0.25, 0.3) is 11.5 Å². The lowest BCUT2D eigenvalue weighted by atomic mass is 10.2. The summed E-state index contributed by atoms with van der Waals surface area (Å²) in [6.07, 6.45) is 2.27. The van der Waals surface area contributed by atoms with Crippen molar-refractivity contribution in [2.45, 2.75) is 25.7 Å². The van der Waals surface area contributed by atoms with Gasteiger partial charge in [0.05, 0.1) is 25.5 Å². The highest BCUT2D eigenvalue weighted by Gasteiger charge is 2.18. The molecule has 0 aliphatic carbocycles. The van der Waals surface area contributed by atoms with Gasteiger partial charge in [-0.1, -0.05) is 60.7 Å². The molecule has 1 atom stereocenters. The Morgan fingerprint density at radius 3 is 2.34 bits per heavy atom. The third-order valence-electron chi connectivity index (χ3n) is 5.57. The Kier molecular flexibility index (Phi) is 9.53. The van der Waals surface area contributed by atoms with Crippen LogP contribution in [-0.2, 0) is 33.9 Å². The number of benzene rings is 3. The fourth-order valence-corrected chi connectivity index (χ4v) is 3.54. The summed E-state index contributed by atoms with van der Waals surface area (Å²) < 4.78 is 22.5. The average Bonchev–Trinajstić information content (AvgIpc) is 3.42. The van der Waals surface area contributed by atoms with E-state index in [0.29, 0.717) is 25.5 Å². The molecule has 0 fully saturated rings. The molecule has 1 aromatic heterocycles. The Labute approximate surface area is 221 Å². The smallest absolute Gasteiger partial charge is 0.328 e. The van der Waals surface area contributed by atoms with Gasteiger partial charge in [0.25, 0.3) is 0 Å². The quantitative estimate of drug-likeness (QED) is 0.209. The maximum Gasteiger partial charge on any atom is 0.328 e. The first kappa shape index (κ1) is 26.5. The van der Waals surface area contributed by atoms with Crippen LogP contribution in [0, 0.1) is 0 Å². The van der Waals surface area contributed by atoms with Gasteiger partial charge in [-0.05, 0) is 42.0 Å². The second-order valence-corrected chi connectivity index (χ2v) is 8.50. The monoisotopic (exact) mass is 514 g/mol. The van der Waals surface area contributed by atoms with Crippen LogP contribution in [0.3, 0.4) is 0 Å². The van der Waals surface area contributed by atoms with Crippen LogP contribution in [0.2, 0.25) is 0 Å². The molecule has 38 heavy (non-hydrogen) atoms. The SMILES string of the molecule is C=C(NC(COCc1ccc(OCCc2coc(-c3ccccc3)n2)cc1)C(=O)O)OCc1ccccc1. The Bertz CT molecular complexity index is 1290. The van der Waals surface area contributed by atoms with Crippen molar-refractivity contribution in [3.63, 3.8) is 0 Å². The standard InChI is InChI=1S/C30H30N2O6/c1-22(37-19-23-8-4-2-5-9-23)31-28(30(33)34)21-35-18-24-12-14-27(15-13-24)36-17-16-26-20-38-29(32-26)25-10-6-3-7-11-25/h2-15,20,28,31H,1,16-19,21H2,(H,33,34). The lowest BCUT2D eigenvalue weighted by molar-refractivity contribution is -0.141. The molecule has 8 nitrogen and oxygen atoms in total. The molecule has 0 saturated carbocycles. The maximum atomic E-state index is 11.6. The van der Waals surface area contributed by atoms with Gasteiger partial charge in [0.2, 0.25) is 5.89 Å². The third-order valence-corrected chi connectivity index (χ3v) is 5.57. The van der Waals surface area contributed by atoms with Gasteiger partial charge in [-0.15, -0.1) is 0 Å². The number of oxazole rings is 1. The molecule has 0 aliphatic rings. The van der Waals surface area contributed by atoms with Crippen LogP contribution >= 0.6 is 0 Å². The van der Waals surface area contributed by atoms with Crippen molar-refractivity contribution in [2.75, 3.05) is 13.2 Å². The molecule has 4 rings (SSSR count). The zero-order valence-electron chi connectivity index (χ0n) is 20.9.